The van der Waals surface area contributed by atoms with Crippen LogP contribution < -0.4 is 5.32 Å². The number of aromatic nitrogens is 3. The van der Waals surface area contributed by atoms with Gasteiger partial charge in [0.15, 0.2) is 11.6 Å². The van der Waals surface area contributed by atoms with E-state index in [1.54, 1.807) is 6.07 Å². The van der Waals surface area contributed by atoms with Crippen molar-refractivity contribution >= 4 is 22.6 Å². The van der Waals surface area contributed by atoms with E-state index >= 15 is 0 Å². The molecular weight excluding hydrogens is 304 g/mol. The standard InChI is InChI=1S/C17H12N6O/c1-11-8-15(21-14-5-3-2-4-13(11)14)23-17(12(9-19)10-20-23)22-16(24)6-7-18/h2-5,8,10H,6H2,1H3,(H,22,24). The molecule has 0 fully saturated rings. The number of carbonyl (C=O) groups is 1. The van der Waals surface area contributed by atoms with Gasteiger partial charge in [-0.1, -0.05) is 18.2 Å². The molecule has 0 atom stereocenters. The minimum atomic E-state index is -0.506. The van der Waals surface area contributed by atoms with Gasteiger partial charge in [0.05, 0.1) is 17.8 Å². The number of benzene rings is 1. The fourth-order valence-corrected chi connectivity index (χ4v) is 2.41. The van der Waals surface area contributed by atoms with Crippen molar-refractivity contribution < 1.29 is 4.79 Å². The summed E-state index contributed by atoms with van der Waals surface area (Å²) in [6.07, 6.45) is 1.05. The number of nitrogens with one attached hydrogen (secondary N) is 1. The van der Waals surface area contributed by atoms with Crippen molar-refractivity contribution in [3.8, 4) is 18.0 Å². The van der Waals surface area contributed by atoms with E-state index in [-0.39, 0.29) is 17.8 Å². The van der Waals surface area contributed by atoms with Crippen LogP contribution >= 0.6 is 0 Å². The van der Waals surface area contributed by atoms with E-state index in [0.717, 1.165) is 16.5 Å². The van der Waals surface area contributed by atoms with Gasteiger partial charge in [-0.3, -0.25) is 4.79 Å². The number of rotatable bonds is 3. The average molecular weight is 316 g/mol. The van der Waals surface area contributed by atoms with Crippen molar-refractivity contribution in [2.24, 2.45) is 0 Å². The molecule has 0 aliphatic carbocycles. The summed E-state index contributed by atoms with van der Waals surface area (Å²) in [5.74, 6) is 0.188. The molecular formula is C17H12N6O. The summed E-state index contributed by atoms with van der Waals surface area (Å²) >= 11 is 0. The summed E-state index contributed by atoms with van der Waals surface area (Å²) in [4.78, 5) is 16.3. The van der Waals surface area contributed by atoms with Gasteiger partial charge in [-0.05, 0) is 24.6 Å². The van der Waals surface area contributed by atoms with Crippen molar-refractivity contribution in [1.29, 1.82) is 10.5 Å². The highest BCUT2D eigenvalue weighted by Crippen LogP contribution is 2.23. The van der Waals surface area contributed by atoms with Crippen molar-refractivity contribution in [3.05, 3.63) is 47.7 Å². The molecule has 24 heavy (non-hydrogen) atoms. The maximum absolute atomic E-state index is 11.7. The Morgan fingerprint density at radius 3 is 2.88 bits per heavy atom. The molecule has 7 heteroatoms. The summed E-state index contributed by atoms with van der Waals surface area (Å²) in [5, 5.41) is 25.6. The molecule has 116 valence electrons. The molecule has 7 nitrogen and oxygen atoms in total. The van der Waals surface area contributed by atoms with Gasteiger partial charge in [-0.2, -0.15) is 20.3 Å². The van der Waals surface area contributed by atoms with E-state index in [1.807, 2.05) is 43.3 Å². The van der Waals surface area contributed by atoms with E-state index in [4.69, 9.17) is 5.26 Å². The number of nitrogens with zero attached hydrogens (tertiary/aromatic N) is 5. The highest BCUT2D eigenvalue weighted by molar-refractivity contribution is 5.92. The SMILES string of the molecule is Cc1cc(-n2ncc(C#N)c2NC(=O)CC#N)nc2ccccc12. The first kappa shape index (κ1) is 15.2. The van der Waals surface area contributed by atoms with E-state index in [2.05, 4.69) is 15.4 Å². The van der Waals surface area contributed by atoms with Crippen LogP contribution in [0.15, 0.2) is 36.5 Å². The topological polar surface area (TPSA) is 107 Å². The molecule has 0 spiro atoms. The van der Waals surface area contributed by atoms with E-state index in [9.17, 15) is 10.1 Å². The summed E-state index contributed by atoms with van der Waals surface area (Å²) in [6, 6.07) is 13.3. The predicted octanol–water partition coefficient (Wildman–Crippen LogP) is 2.45. The zero-order valence-electron chi connectivity index (χ0n) is 12.8. The number of aryl methyl sites for hydroxylation is 1. The number of nitriles is 2. The Labute approximate surface area is 137 Å². The Balaban J connectivity index is 2.13. The zero-order chi connectivity index (χ0) is 17.1. The third-order valence-electron chi connectivity index (χ3n) is 3.51. The number of anilines is 1. The van der Waals surface area contributed by atoms with Crippen molar-refractivity contribution in [1.82, 2.24) is 14.8 Å². The van der Waals surface area contributed by atoms with Gasteiger partial charge in [0.2, 0.25) is 5.91 Å². The summed E-state index contributed by atoms with van der Waals surface area (Å²) in [6.45, 7) is 1.95. The highest BCUT2D eigenvalue weighted by atomic mass is 16.1. The van der Waals surface area contributed by atoms with Crippen LogP contribution in [-0.4, -0.2) is 20.7 Å². The largest absolute Gasteiger partial charge is 0.309 e. The fraction of sp³-hybridized carbons (Fsp3) is 0.118. The number of hydrogen-bond donors (Lipinski definition) is 1. The molecule has 1 amide bonds. The first-order valence-electron chi connectivity index (χ1n) is 7.15. The Hall–Kier alpha value is -3.71. The van der Waals surface area contributed by atoms with E-state index < -0.39 is 5.91 Å². The number of fused-ring (bicyclic) bond motifs is 1. The molecule has 0 radical (unpaired) electrons. The number of carbonyl (C=O) groups excluding carboxylic acids is 1. The molecule has 0 unspecified atom stereocenters. The van der Waals surface area contributed by atoms with Crippen LogP contribution in [0, 0.1) is 29.6 Å². The van der Waals surface area contributed by atoms with Crippen molar-refractivity contribution in [3.63, 3.8) is 0 Å². The van der Waals surface area contributed by atoms with Gasteiger partial charge in [0, 0.05) is 5.39 Å². The minimum Gasteiger partial charge on any atom is -0.309 e. The number of hydrogen-bond acceptors (Lipinski definition) is 5. The van der Waals surface area contributed by atoms with Crippen LogP contribution in [0.2, 0.25) is 0 Å². The maximum Gasteiger partial charge on any atom is 0.239 e. The molecule has 3 aromatic rings. The van der Waals surface area contributed by atoms with Gasteiger partial charge in [-0.15, -0.1) is 0 Å². The second kappa shape index (κ2) is 6.19. The Morgan fingerprint density at radius 1 is 1.33 bits per heavy atom. The molecule has 1 aromatic carbocycles. The normalized spacial score (nSPS) is 10.1. The smallest absolute Gasteiger partial charge is 0.239 e. The molecule has 0 aliphatic heterocycles. The van der Waals surface area contributed by atoms with Crippen LogP contribution in [0.25, 0.3) is 16.7 Å². The number of pyridine rings is 1. The third-order valence-corrected chi connectivity index (χ3v) is 3.51. The van der Waals surface area contributed by atoms with Crippen LogP contribution in [0.5, 0.6) is 0 Å². The van der Waals surface area contributed by atoms with Crippen LogP contribution in [0.4, 0.5) is 5.82 Å². The number of amides is 1. The quantitative estimate of drug-likeness (QED) is 0.798. The molecule has 0 aliphatic rings. The zero-order valence-corrected chi connectivity index (χ0v) is 12.8. The molecule has 3 rings (SSSR count). The third kappa shape index (κ3) is 2.67. The fourth-order valence-electron chi connectivity index (χ4n) is 2.41. The summed E-state index contributed by atoms with van der Waals surface area (Å²) in [7, 11) is 0. The second-order valence-electron chi connectivity index (χ2n) is 5.13. The van der Waals surface area contributed by atoms with Crippen LogP contribution in [-0.2, 0) is 4.79 Å². The van der Waals surface area contributed by atoms with Crippen molar-refractivity contribution in [2.45, 2.75) is 13.3 Å². The second-order valence-corrected chi connectivity index (χ2v) is 5.13. The van der Waals surface area contributed by atoms with E-state index in [1.165, 1.54) is 10.9 Å². The van der Waals surface area contributed by atoms with Crippen molar-refractivity contribution in [2.75, 3.05) is 5.32 Å². The molecule has 1 N–H and O–H groups in total. The lowest BCUT2D eigenvalue weighted by molar-refractivity contribution is -0.115. The lowest BCUT2D eigenvalue weighted by Gasteiger charge is -2.10. The predicted molar refractivity (Wildman–Crippen MR) is 87.2 cm³/mol. The molecule has 2 aromatic heterocycles. The Bertz CT molecular complexity index is 1020. The van der Waals surface area contributed by atoms with Crippen LogP contribution in [0.1, 0.15) is 17.5 Å². The monoisotopic (exact) mass is 316 g/mol. The van der Waals surface area contributed by atoms with Gasteiger partial charge in [0.1, 0.15) is 18.1 Å². The molecule has 2 heterocycles. The van der Waals surface area contributed by atoms with Gasteiger partial charge in [-0.25, -0.2) is 4.98 Å². The highest BCUT2D eigenvalue weighted by Gasteiger charge is 2.16. The first-order chi connectivity index (χ1) is 11.6. The lowest BCUT2D eigenvalue weighted by Crippen LogP contribution is -2.15. The molecule has 0 bridgehead atoms. The van der Waals surface area contributed by atoms with Gasteiger partial charge >= 0.3 is 0 Å². The maximum atomic E-state index is 11.7. The Morgan fingerprint density at radius 2 is 2.12 bits per heavy atom. The first-order valence-corrected chi connectivity index (χ1v) is 7.15. The summed E-state index contributed by atoms with van der Waals surface area (Å²) in [5.41, 5.74) is 1.99. The molecule has 0 saturated heterocycles. The van der Waals surface area contributed by atoms with E-state index in [0.29, 0.717) is 5.82 Å². The summed E-state index contributed by atoms with van der Waals surface area (Å²) < 4.78 is 1.40. The number of para-hydroxylation sites is 1. The lowest BCUT2D eigenvalue weighted by atomic mass is 10.1. The Kier molecular flexibility index (Phi) is 3.92. The van der Waals surface area contributed by atoms with Gasteiger partial charge < -0.3 is 5.32 Å². The van der Waals surface area contributed by atoms with Crippen LogP contribution in [0.3, 0.4) is 0 Å². The van der Waals surface area contributed by atoms with Gasteiger partial charge in [0.25, 0.3) is 0 Å². The minimum absolute atomic E-state index is 0.203. The average Bonchev–Trinajstić information content (AvgIpc) is 2.97. The molecule has 0 saturated carbocycles.